The van der Waals surface area contributed by atoms with Crippen LogP contribution in [-0.2, 0) is 6.54 Å². The predicted molar refractivity (Wildman–Crippen MR) is 90.5 cm³/mol. The van der Waals surface area contributed by atoms with Crippen LogP contribution in [0, 0.1) is 25.7 Å². The Morgan fingerprint density at radius 2 is 2.17 bits per heavy atom. The Bertz CT molecular complexity index is 770. The van der Waals surface area contributed by atoms with Gasteiger partial charge in [-0.25, -0.2) is 0 Å². The van der Waals surface area contributed by atoms with Gasteiger partial charge in [-0.3, -0.25) is 9.48 Å². The van der Waals surface area contributed by atoms with Crippen LogP contribution in [0.25, 0.3) is 0 Å². The van der Waals surface area contributed by atoms with Crippen molar-refractivity contribution in [2.24, 2.45) is 0 Å². The minimum atomic E-state index is -1.10. The summed E-state index contributed by atoms with van der Waals surface area (Å²) in [6.07, 6.45) is 0.778. The van der Waals surface area contributed by atoms with E-state index >= 15 is 0 Å². The maximum atomic E-state index is 12.0. The van der Waals surface area contributed by atoms with Crippen molar-refractivity contribution in [3.8, 4) is 11.8 Å². The average molecular weight is 329 g/mol. The van der Waals surface area contributed by atoms with E-state index in [9.17, 15) is 9.90 Å². The Kier molecular flexibility index (Phi) is 5.47. The molecule has 128 valence electrons. The Balaban J connectivity index is 1.81. The summed E-state index contributed by atoms with van der Waals surface area (Å²) in [6, 6.07) is 5.21. The summed E-state index contributed by atoms with van der Waals surface area (Å²) >= 11 is 0. The first kappa shape index (κ1) is 17.8. The van der Waals surface area contributed by atoms with Crippen molar-refractivity contribution in [2.75, 3.05) is 6.54 Å². The lowest BCUT2D eigenvalue weighted by Crippen LogP contribution is -2.25. The van der Waals surface area contributed by atoms with E-state index in [2.05, 4.69) is 22.3 Å². The molecule has 6 nitrogen and oxygen atoms in total. The number of aromatic nitrogens is 2. The van der Waals surface area contributed by atoms with Crippen molar-refractivity contribution < 1.29 is 14.3 Å². The van der Waals surface area contributed by atoms with Crippen LogP contribution < -0.4 is 5.32 Å². The van der Waals surface area contributed by atoms with Crippen LogP contribution in [0.5, 0.6) is 0 Å². The van der Waals surface area contributed by atoms with E-state index in [1.807, 2.05) is 24.6 Å². The fourth-order valence-corrected chi connectivity index (χ4v) is 2.16. The fourth-order valence-electron chi connectivity index (χ4n) is 2.16. The molecular weight excluding hydrogens is 306 g/mol. The number of carbonyl (C=O) groups excluding carboxylic acids is 1. The summed E-state index contributed by atoms with van der Waals surface area (Å²) in [4.78, 5) is 12.0. The summed E-state index contributed by atoms with van der Waals surface area (Å²) in [5.74, 6) is 5.62. The van der Waals surface area contributed by atoms with Crippen LogP contribution >= 0.6 is 0 Å². The monoisotopic (exact) mass is 329 g/mol. The van der Waals surface area contributed by atoms with Gasteiger partial charge in [0.15, 0.2) is 11.5 Å². The second-order valence-electron chi connectivity index (χ2n) is 6.23. The van der Waals surface area contributed by atoms with Gasteiger partial charge in [-0.1, -0.05) is 5.92 Å². The van der Waals surface area contributed by atoms with Gasteiger partial charge in [0, 0.05) is 18.8 Å². The highest BCUT2D eigenvalue weighted by molar-refractivity contribution is 5.91. The number of aryl methyl sites for hydroxylation is 3. The summed E-state index contributed by atoms with van der Waals surface area (Å²) in [5, 5.41) is 16.7. The zero-order valence-electron chi connectivity index (χ0n) is 14.5. The number of nitrogens with one attached hydrogen (secondary N) is 1. The summed E-state index contributed by atoms with van der Waals surface area (Å²) in [5.41, 5.74) is 1.00. The molecule has 6 heteroatoms. The second kappa shape index (κ2) is 7.37. The molecule has 2 aromatic rings. The van der Waals surface area contributed by atoms with Crippen molar-refractivity contribution in [1.29, 1.82) is 0 Å². The van der Waals surface area contributed by atoms with Crippen LogP contribution in [0.2, 0.25) is 0 Å². The molecule has 0 unspecified atom stereocenters. The highest BCUT2D eigenvalue weighted by atomic mass is 16.3. The zero-order chi connectivity index (χ0) is 17.7. The summed E-state index contributed by atoms with van der Waals surface area (Å²) in [7, 11) is 0. The molecular formula is C18H23N3O3. The number of rotatable bonds is 5. The number of nitrogens with zero attached hydrogens (tertiary/aromatic N) is 2. The maximum absolute atomic E-state index is 12.0. The van der Waals surface area contributed by atoms with E-state index in [4.69, 9.17) is 4.42 Å². The number of furan rings is 1. The minimum absolute atomic E-state index is 0.209. The van der Waals surface area contributed by atoms with Crippen LogP contribution in [0.3, 0.4) is 0 Å². The Morgan fingerprint density at radius 3 is 2.79 bits per heavy atom. The van der Waals surface area contributed by atoms with Gasteiger partial charge in [-0.2, -0.15) is 5.10 Å². The van der Waals surface area contributed by atoms with E-state index in [0.717, 1.165) is 24.4 Å². The fraction of sp³-hybridized carbons (Fsp3) is 0.444. The lowest BCUT2D eigenvalue weighted by Gasteiger charge is -2.05. The first-order valence-electron chi connectivity index (χ1n) is 7.89. The molecule has 0 fully saturated rings. The van der Waals surface area contributed by atoms with Gasteiger partial charge in [0.25, 0.3) is 5.91 Å². The summed E-state index contributed by atoms with van der Waals surface area (Å²) < 4.78 is 7.29. The highest BCUT2D eigenvalue weighted by Gasteiger charge is 2.11. The van der Waals surface area contributed by atoms with Crippen molar-refractivity contribution in [2.45, 2.75) is 46.3 Å². The van der Waals surface area contributed by atoms with Gasteiger partial charge in [0.2, 0.25) is 0 Å². The third kappa shape index (κ3) is 5.28. The van der Waals surface area contributed by atoms with Gasteiger partial charge in [0.05, 0.1) is 5.69 Å². The molecule has 0 saturated heterocycles. The van der Waals surface area contributed by atoms with Gasteiger partial charge in [-0.05, 0) is 58.2 Å². The smallest absolute Gasteiger partial charge is 0.287 e. The summed E-state index contributed by atoms with van der Waals surface area (Å²) in [6.45, 7) is 8.42. The highest BCUT2D eigenvalue weighted by Crippen LogP contribution is 2.08. The van der Waals surface area contributed by atoms with Crippen molar-refractivity contribution in [3.05, 3.63) is 41.1 Å². The first-order valence-corrected chi connectivity index (χ1v) is 7.89. The molecule has 0 bridgehead atoms. The standard InChI is InChI=1S/C18H23N3O3/c1-13-12-14(2)21(20-13)11-5-10-19-17(22)16-7-6-15(24-16)8-9-18(3,4)23/h6-7,12,23H,5,10-11H2,1-4H3,(H,19,22). The lowest BCUT2D eigenvalue weighted by atomic mass is 10.1. The van der Waals surface area contributed by atoms with Crippen LogP contribution in [0.15, 0.2) is 22.6 Å². The van der Waals surface area contributed by atoms with E-state index in [0.29, 0.717) is 12.3 Å². The number of hydrogen-bond acceptors (Lipinski definition) is 4. The topological polar surface area (TPSA) is 80.3 Å². The molecule has 0 spiro atoms. The quantitative estimate of drug-likeness (QED) is 0.650. The molecule has 2 aromatic heterocycles. The number of hydrogen-bond donors (Lipinski definition) is 2. The number of aliphatic hydroxyl groups is 1. The molecule has 0 aliphatic heterocycles. The van der Waals surface area contributed by atoms with Gasteiger partial charge >= 0.3 is 0 Å². The molecule has 24 heavy (non-hydrogen) atoms. The lowest BCUT2D eigenvalue weighted by molar-refractivity contribution is 0.0924. The second-order valence-corrected chi connectivity index (χ2v) is 6.23. The molecule has 0 aliphatic carbocycles. The largest absolute Gasteiger partial charge is 0.443 e. The van der Waals surface area contributed by atoms with E-state index < -0.39 is 5.60 Å². The van der Waals surface area contributed by atoms with Crippen molar-refractivity contribution in [3.63, 3.8) is 0 Å². The normalized spacial score (nSPS) is 11.0. The molecule has 0 radical (unpaired) electrons. The zero-order valence-corrected chi connectivity index (χ0v) is 14.5. The van der Waals surface area contributed by atoms with E-state index in [1.165, 1.54) is 0 Å². The Labute approximate surface area is 141 Å². The predicted octanol–water partition coefficient (Wildman–Crippen LogP) is 2.04. The molecule has 0 atom stereocenters. The maximum Gasteiger partial charge on any atom is 0.287 e. The minimum Gasteiger partial charge on any atom is -0.443 e. The van der Waals surface area contributed by atoms with Gasteiger partial charge in [0.1, 0.15) is 5.60 Å². The van der Waals surface area contributed by atoms with Crippen LogP contribution in [0.4, 0.5) is 0 Å². The average Bonchev–Trinajstić information content (AvgIpc) is 3.07. The van der Waals surface area contributed by atoms with E-state index in [-0.39, 0.29) is 11.7 Å². The van der Waals surface area contributed by atoms with Crippen LogP contribution in [-0.4, -0.2) is 32.9 Å². The Morgan fingerprint density at radius 1 is 1.42 bits per heavy atom. The van der Waals surface area contributed by atoms with Crippen LogP contribution in [0.1, 0.15) is 48.0 Å². The molecule has 2 heterocycles. The molecule has 0 saturated carbocycles. The van der Waals surface area contributed by atoms with Gasteiger partial charge < -0.3 is 14.8 Å². The van der Waals surface area contributed by atoms with Crippen molar-refractivity contribution in [1.82, 2.24) is 15.1 Å². The van der Waals surface area contributed by atoms with Gasteiger partial charge in [-0.15, -0.1) is 0 Å². The molecule has 0 aromatic carbocycles. The molecule has 2 rings (SSSR count). The Hall–Kier alpha value is -2.52. The molecule has 1 amide bonds. The third-order valence-electron chi connectivity index (χ3n) is 3.26. The third-order valence-corrected chi connectivity index (χ3v) is 3.26. The molecule has 2 N–H and O–H groups in total. The SMILES string of the molecule is Cc1cc(C)n(CCCNC(=O)c2ccc(C#CC(C)(C)O)o2)n1. The molecule has 0 aliphatic rings. The first-order chi connectivity index (χ1) is 11.2. The van der Waals surface area contributed by atoms with E-state index in [1.54, 1.807) is 26.0 Å². The number of amides is 1. The van der Waals surface area contributed by atoms with Crippen molar-refractivity contribution >= 4 is 5.91 Å². The number of carbonyl (C=O) groups is 1.